The molecule has 0 radical (unpaired) electrons. The van der Waals surface area contributed by atoms with E-state index in [-0.39, 0.29) is 5.41 Å². The molecular formula is C16H26N2O. The second-order valence-corrected chi connectivity index (χ2v) is 6.11. The van der Waals surface area contributed by atoms with E-state index in [1.54, 1.807) is 0 Å². The van der Waals surface area contributed by atoms with Crippen LogP contribution in [0.5, 0.6) is 0 Å². The molecule has 1 aliphatic heterocycles. The molecule has 0 amide bonds. The van der Waals surface area contributed by atoms with Crippen molar-refractivity contribution in [2.24, 2.45) is 0 Å². The van der Waals surface area contributed by atoms with Gasteiger partial charge >= 0.3 is 0 Å². The third kappa shape index (κ3) is 4.30. The van der Waals surface area contributed by atoms with Gasteiger partial charge in [0.1, 0.15) is 0 Å². The molecule has 19 heavy (non-hydrogen) atoms. The van der Waals surface area contributed by atoms with Gasteiger partial charge in [-0.25, -0.2) is 0 Å². The molecule has 3 heteroatoms. The Morgan fingerprint density at radius 2 is 2.05 bits per heavy atom. The highest BCUT2D eigenvalue weighted by molar-refractivity contribution is 5.27. The van der Waals surface area contributed by atoms with Gasteiger partial charge in [0.2, 0.25) is 0 Å². The van der Waals surface area contributed by atoms with Crippen LogP contribution in [0, 0.1) is 6.92 Å². The van der Waals surface area contributed by atoms with Gasteiger partial charge in [-0.15, -0.1) is 0 Å². The molecule has 0 bridgehead atoms. The highest BCUT2D eigenvalue weighted by Gasteiger charge is 2.21. The standard InChI is InChI=1S/C16H26N2O/c1-13-4-6-14(7-5-13)16(2,3)12-17-10-15-11-19-9-8-18-15/h4-7,15,17-18H,8-12H2,1-3H3. The lowest BCUT2D eigenvalue weighted by Gasteiger charge is -2.29. The average molecular weight is 262 g/mol. The van der Waals surface area contributed by atoms with Crippen LogP contribution < -0.4 is 10.6 Å². The Morgan fingerprint density at radius 1 is 1.32 bits per heavy atom. The van der Waals surface area contributed by atoms with Crippen molar-refractivity contribution in [2.75, 3.05) is 32.8 Å². The SMILES string of the molecule is Cc1ccc(C(C)(C)CNCC2COCCN2)cc1. The molecule has 1 unspecified atom stereocenters. The van der Waals surface area contributed by atoms with Crippen molar-refractivity contribution in [2.45, 2.75) is 32.2 Å². The number of benzene rings is 1. The third-order valence-corrected chi connectivity index (χ3v) is 3.79. The fourth-order valence-corrected chi connectivity index (χ4v) is 2.42. The molecule has 0 spiro atoms. The van der Waals surface area contributed by atoms with Crippen LogP contribution in [0.4, 0.5) is 0 Å². The van der Waals surface area contributed by atoms with Crippen LogP contribution in [0.2, 0.25) is 0 Å². The van der Waals surface area contributed by atoms with Crippen molar-refractivity contribution in [1.82, 2.24) is 10.6 Å². The summed E-state index contributed by atoms with van der Waals surface area (Å²) in [5.74, 6) is 0. The van der Waals surface area contributed by atoms with E-state index in [0.717, 1.165) is 32.8 Å². The van der Waals surface area contributed by atoms with Gasteiger partial charge in [-0.05, 0) is 12.5 Å². The van der Waals surface area contributed by atoms with E-state index in [4.69, 9.17) is 4.74 Å². The number of hydrogen-bond donors (Lipinski definition) is 2. The quantitative estimate of drug-likeness (QED) is 0.849. The summed E-state index contributed by atoms with van der Waals surface area (Å²) in [5, 5.41) is 7.03. The van der Waals surface area contributed by atoms with E-state index in [2.05, 4.69) is 55.7 Å². The van der Waals surface area contributed by atoms with Crippen LogP contribution in [0.1, 0.15) is 25.0 Å². The maximum atomic E-state index is 5.46. The van der Waals surface area contributed by atoms with Gasteiger partial charge in [0, 0.05) is 31.1 Å². The van der Waals surface area contributed by atoms with Gasteiger partial charge in [0.15, 0.2) is 0 Å². The second kappa shape index (κ2) is 6.51. The molecule has 106 valence electrons. The van der Waals surface area contributed by atoms with Crippen LogP contribution in [0.25, 0.3) is 0 Å². The Kier molecular flexibility index (Phi) is 4.97. The van der Waals surface area contributed by atoms with Gasteiger partial charge < -0.3 is 15.4 Å². The van der Waals surface area contributed by atoms with Crippen molar-refractivity contribution >= 4 is 0 Å². The third-order valence-electron chi connectivity index (χ3n) is 3.79. The maximum Gasteiger partial charge on any atom is 0.0632 e. The minimum Gasteiger partial charge on any atom is -0.378 e. The maximum absolute atomic E-state index is 5.46. The lowest BCUT2D eigenvalue weighted by atomic mass is 9.84. The van der Waals surface area contributed by atoms with Gasteiger partial charge in [0.25, 0.3) is 0 Å². The van der Waals surface area contributed by atoms with Crippen molar-refractivity contribution in [3.8, 4) is 0 Å². The number of ether oxygens (including phenoxy) is 1. The fourth-order valence-electron chi connectivity index (χ4n) is 2.42. The van der Waals surface area contributed by atoms with Crippen LogP contribution in [-0.4, -0.2) is 38.9 Å². The molecule has 0 aromatic heterocycles. The summed E-state index contributed by atoms with van der Waals surface area (Å²) in [6.45, 7) is 11.3. The van der Waals surface area contributed by atoms with E-state index < -0.39 is 0 Å². The molecule has 2 N–H and O–H groups in total. The molecule has 0 saturated carbocycles. The summed E-state index contributed by atoms with van der Waals surface area (Å²) in [6.07, 6.45) is 0. The van der Waals surface area contributed by atoms with E-state index in [1.165, 1.54) is 11.1 Å². The highest BCUT2D eigenvalue weighted by Crippen LogP contribution is 2.22. The molecule has 3 nitrogen and oxygen atoms in total. The molecular weight excluding hydrogens is 236 g/mol. The molecule has 0 aliphatic carbocycles. The van der Waals surface area contributed by atoms with E-state index >= 15 is 0 Å². The first-order valence-electron chi connectivity index (χ1n) is 7.17. The largest absolute Gasteiger partial charge is 0.378 e. The summed E-state index contributed by atoms with van der Waals surface area (Å²) < 4.78 is 5.46. The summed E-state index contributed by atoms with van der Waals surface area (Å²) in [7, 11) is 0. The Hall–Kier alpha value is -0.900. The zero-order valence-electron chi connectivity index (χ0n) is 12.3. The molecule has 1 atom stereocenters. The first-order chi connectivity index (χ1) is 9.08. The normalized spacial score (nSPS) is 20.5. The predicted molar refractivity (Wildman–Crippen MR) is 79.7 cm³/mol. The molecule has 1 aromatic rings. The Labute approximate surface area is 116 Å². The smallest absolute Gasteiger partial charge is 0.0632 e. The van der Waals surface area contributed by atoms with Crippen molar-refractivity contribution in [1.29, 1.82) is 0 Å². The topological polar surface area (TPSA) is 33.3 Å². The summed E-state index contributed by atoms with van der Waals surface area (Å²) in [6, 6.07) is 9.29. The van der Waals surface area contributed by atoms with Crippen molar-refractivity contribution in [3.05, 3.63) is 35.4 Å². The molecule has 1 aromatic carbocycles. The average Bonchev–Trinajstić information content (AvgIpc) is 2.40. The minimum atomic E-state index is 0.156. The summed E-state index contributed by atoms with van der Waals surface area (Å²) >= 11 is 0. The zero-order valence-corrected chi connectivity index (χ0v) is 12.3. The fraction of sp³-hybridized carbons (Fsp3) is 0.625. The highest BCUT2D eigenvalue weighted by atomic mass is 16.5. The van der Waals surface area contributed by atoms with Crippen LogP contribution >= 0.6 is 0 Å². The Balaban J connectivity index is 1.81. The molecule has 1 aliphatic rings. The molecule has 1 fully saturated rings. The predicted octanol–water partition coefficient (Wildman–Crippen LogP) is 1.85. The number of morpholine rings is 1. The van der Waals surface area contributed by atoms with Gasteiger partial charge in [-0.1, -0.05) is 43.7 Å². The van der Waals surface area contributed by atoms with Crippen molar-refractivity contribution in [3.63, 3.8) is 0 Å². The van der Waals surface area contributed by atoms with Gasteiger partial charge in [0.05, 0.1) is 13.2 Å². The van der Waals surface area contributed by atoms with Crippen LogP contribution in [0.3, 0.4) is 0 Å². The first-order valence-corrected chi connectivity index (χ1v) is 7.17. The van der Waals surface area contributed by atoms with Crippen LogP contribution in [0.15, 0.2) is 24.3 Å². The number of rotatable bonds is 5. The minimum absolute atomic E-state index is 0.156. The second-order valence-electron chi connectivity index (χ2n) is 6.11. The lowest BCUT2D eigenvalue weighted by Crippen LogP contribution is -2.48. The Bertz CT molecular complexity index is 380. The van der Waals surface area contributed by atoms with Crippen molar-refractivity contribution < 1.29 is 4.74 Å². The summed E-state index contributed by atoms with van der Waals surface area (Å²) in [4.78, 5) is 0. The van der Waals surface area contributed by atoms with E-state index in [0.29, 0.717) is 6.04 Å². The van der Waals surface area contributed by atoms with Gasteiger partial charge in [-0.3, -0.25) is 0 Å². The number of hydrogen-bond acceptors (Lipinski definition) is 3. The van der Waals surface area contributed by atoms with E-state index in [9.17, 15) is 0 Å². The Morgan fingerprint density at radius 3 is 2.68 bits per heavy atom. The molecule has 1 saturated heterocycles. The summed E-state index contributed by atoms with van der Waals surface area (Å²) in [5.41, 5.74) is 2.86. The van der Waals surface area contributed by atoms with Crippen LogP contribution in [-0.2, 0) is 10.2 Å². The molecule has 2 rings (SSSR count). The first kappa shape index (κ1) is 14.5. The monoisotopic (exact) mass is 262 g/mol. The lowest BCUT2D eigenvalue weighted by molar-refractivity contribution is 0.0764. The number of aryl methyl sites for hydroxylation is 1. The van der Waals surface area contributed by atoms with Gasteiger partial charge in [-0.2, -0.15) is 0 Å². The number of nitrogens with one attached hydrogen (secondary N) is 2. The molecule has 1 heterocycles. The van der Waals surface area contributed by atoms with E-state index in [1.807, 2.05) is 0 Å². The zero-order chi connectivity index (χ0) is 13.7.